The number of nitrogens with one attached hydrogen (secondary N) is 1. The molecule has 1 aromatic carbocycles. The molecule has 0 bridgehead atoms. The highest BCUT2D eigenvalue weighted by atomic mass is 32.2. The number of rotatable bonds is 5. The Hall–Kier alpha value is -1.64. The van der Waals surface area contributed by atoms with Gasteiger partial charge in [0.05, 0.1) is 34.4 Å². The van der Waals surface area contributed by atoms with E-state index in [-0.39, 0.29) is 10.9 Å². The fraction of sp³-hybridized carbons (Fsp3) is 0.308. The van der Waals surface area contributed by atoms with Crippen LogP contribution in [0.4, 0.5) is 5.69 Å². The first-order chi connectivity index (χ1) is 9.81. The molecule has 0 spiro atoms. The van der Waals surface area contributed by atoms with Gasteiger partial charge in [-0.3, -0.25) is 0 Å². The van der Waals surface area contributed by atoms with Crippen molar-refractivity contribution in [2.45, 2.75) is 24.8 Å². The van der Waals surface area contributed by atoms with Gasteiger partial charge in [-0.25, -0.2) is 18.5 Å². The van der Waals surface area contributed by atoms with Crippen molar-refractivity contribution in [2.75, 3.05) is 12.4 Å². The number of nitrogens with zero attached hydrogens (tertiary/aromatic N) is 1. The fourth-order valence-corrected chi connectivity index (χ4v) is 3.11. The Bertz CT molecular complexity index is 741. The number of hydrogen-bond acceptors (Lipinski definition) is 6. The minimum Gasteiger partial charge on any atom is -0.495 e. The summed E-state index contributed by atoms with van der Waals surface area (Å²) in [5.74, 6) is 0.543. The number of methoxy groups -OCH3 is 1. The first-order valence-corrected chi connectivity index (χ1v) is 8.63. The maximum Gasteiger partial charge on any atom is 0.238 e. The molecule has 1 heterocycles. The molecule has 6 nitrogen and oxygen atoms in total. The van der Waals surface area contributed by atoms with E-state index in [4.69, 9.17) is 9.88 Å². The Morgan fingerprint density at radius 3 is 2.67 bits per heavy atom. The molecule has 0 aliphatic heterocycles. The number of sulfonamides is 1. The van der Waals surface area contributed by atoms with E-state index in [2.05, 4.69) is 10.3 Å². The molecule has 0 aliphatic carbocycles. The smallest absolute Gasteiger partial charge is 0.238 e. The predicted molar refractivity (Wildman–Crippen MR) is 83.3 cm³/mol. The molecular weight excluding hydrogens is 310 g/mol. The van der Waals surface area contributed by atoms with Crippen molar-refractivity contribution < 1.29 is 13.2 Å². The number of aromatic nitrogens is 1. The molecule has 3 N–H and O–H groups in total. The maximum absolute atomic E-state index is 11.4. The zero-order valence-corrected chi connectivity index (χ0v) is 13.6. The van der Waals surface area contributed by atoms with Crippen LogP contribution >= 0.6 is 11.3 Å². The molecule has 8 heteroatoms. The van der Waals surface area contributed by atoms with E-state index in [0.717, 1.165) is 10.7 Å². The van der Waals surface area contributed by atoms with E-state index in [0.29, 0.717) is 11.4 Å². The summed E-state index contributed by atoms with van der Waals surface area (Å²) in [4.78, 5) is 4.44. The summed E-state index contributed by atoms with van der Waals surface area (Å²) in [5, 5.41) is 11.3. The van der Waals surface area contributed by atoms with Crippen LogP contribution in [0.1, 0.15) is 23.7 Å². The highest BCUT2D eigenvalue weighted by Gasteiger charge is 2.15. The standard InChI is InChI=1S/C13H17N3O3S2/c1-8(12-7-20-9(2)16-12)15-11-6-10(21(14,17)18)4-5-13(11)19-3/h4-8,15H,1-3H3,(H2,14,17,18). The average Bonchev–Trinajstić information content (AvgIpc) is 2.84. The lowest BCUT2D eigenvalue weighted by molar-refractivity contribution is 0.415. The van der Waals surface area contributed by atoms with Crippen molar-refractivity contribution in [3.63, 3.8) is 0 Å². The van der Waals surface area contributed by atoms with Gasteiger partial charge in [0.25, 0.3) is 0 Å². The van der Waals surface area contributed by atoms with Crippen molar-refractivity contribution >= 4 is 27.0 Å². The van der Waals surface area contributed by atoms with Gasteiger partial charge in [-0.2, -0.15) is 0 Å². The Balaban J connectivity index is 2.33. The lowest BCUT2D eigenvalue weighted by Gasteiger charge is -2.16. The van der Waals surface area contributed by atoms with Crippen LogP contribution in [-0.4, -0.2) is 20.5 Å². The fourth-order valence-electron chi connectivity index (χ4n) is 1.86. The van der Waals surface area contributed by atoms with Gasteiger partial charge in [0.1, 0.15) is 5.75 Å². The molecule has 1 atom stereocenters. The predicted octanol–water partition coefficient (Wildman–Crippen LogP) is 2.28. The van der Waals surface area contributed by atoms with Crippen LogP contribution in [0.25, 0.3) is 0 Å². The van der Waals surface area contributed by atoms with Crippen LogP contribution in [0.3, 0.4) is 0 Å². The zero-order chi connectivity index (χ0) is 15.6. The number of aryl methyl sites for hydroxylation is 1. The summed E-state index contributed by atoms with van der Waals surface area (Å²) in [6.07, 6.45) is 0. The summed E-state index contributed by atoms with van der Waals surface area (Å²) in [5.41, 5.74) is 1.45. The Kier molecular flexibility index (Phi) is 4.50. The Labute approximate surface area is 128 Å². The van der Waals surface area contributed by atoms with E-state index in [1.807, 2.05) is 19.2 Å². The molecular formula is C13H17N3O3S2. The molecule has 0 saturated carbocycles. The number of anilines is 1. The Morgan fingerprint density at radius 1 is 1.43 bits per heavy atom. The maximum atomic E-state index is 11.4. The number of ether oxygens (including phenoxy) is 1. The normalized spacial score (nSPS) is 13.0. The molecule has 1 aromatic heterocycles. The third kappa shape index (κ3) is 3.72. The van der Waals surface area contributed by atoms with Gasteiger partial charge in [0, 0.05) is 5.38 Å². The van der Waals surface area contributed by atoms with Crippen LogP contribution in [-0.2, 0) is 10.0 Å². The third-order valence-electron chi connectivity index (χ3n) is 2.95. The number of benzene rings is 1. The van der Waals surface area contributed by atoms with Gasteiger partial charge in [-0.1, -0.05) is 0 Å². The second kappa shape index (κ2) is 6.00. The first-order valence-electron chi connectivity index (χ1n) is 6.20. The number of hydrogen-bond donors (Lipinski definition) is 2. The summed E-state index contributed by atoms with van der Waals surface area (Å²) < 4.78 is 28.1. The van der Waals surface area contributed by atoms with Gasteiger partial charge >= 0.3 is 0 Å². The second-order valence-electron chi connectivity index (χ2n) is 4.56. The molecule has 0 fully saturated rings. The molecule has 2 aromatic rings. The molecule has 0 amide bonds. The van der Waals surface area contributed by atoms with E-state index < -0.39 is 10.0 Å². The lowest BCUT2D eigenvalue weighted by Crippen LogP contribution is -2.14. The zero-order valence-electron chi connectivity index (χ0n) is 12.0. The van der Waals surface area contributed by atoms with Crippen molar-refractivity contribution in [3.05, 3.63) is 34.3 Å². The minimum atomic E-state index is -3.76. The van der Waals surface area contributed by atoms with Crippen LogP contribution < -0.4 is 15.2 Å². The highest BCUT2D eigenvalue weighted by molar-refractivity contribution is 7.89. The van der Waals surface area contributed by atoms with Crippen molar-refractivity contribution in [1.29, 1.82) is 0 Å². The van der Waals surface area contributed by atoms with Crippen LogP contribution in [0.5, 0.6) is 5.75 Å². The van der Waals surface area contributed by atoms with E-state index >= 15 is 0 Å². The number of primary sulfonamides is 1. The summed E-state index contributed by atoms with van der Waals surface area (Å²) in [6, 6.07) is 4.36. The van der Waals surface area contributed by atoms with Gasteiger partial charge in [-0.15, -0.1) is 11.3 Å². The summed E-state index contributed by atoms with van der Waals surface area (Å²) >= 11 is 1.56. The summed E-state index contributed by atoms with van der Waals surface area (Å²) in [6.45, 7) is 3.88. The van der Waals surface area contributed by atoms with E-state index in [9.17, 15) is 8.42 Å². The molecule has 114 valence electrons. The minimum absolute atomic E-state index is 0.0347. The highest BCUT2D eigenvalue weighted by Crippen LogP contribution is 2.30. The molecule has 1 unspecified atom stereocenters. The third-order valence-corrected chi connectivity index (χ3v) is 4.65. The second-order valence-corrected chi connectivity index (χ2v) is 7.19. The van der Waals surface area contributed by atoms with Gasteiger partial charge < -0.3 is 10.1 Å². The van der Waals surface area contributed by atoms with Crippen molar-refractivity contribution in [3.8, 4) is 5.75 Å². The van der Waals surface area contributed by atoms with Gasteiger partial charge in [0.15, 0.2) is 0 Å². The lowest BCUT2D eigenvalue weighted by atomic mass is 10.2. The Morgan fingerprint density at radius 2 is 2.14 bits per heavy atom. The molecule has 0 aliphatic rings. The van der Waals surface area contributed by atoms with Crippen molar-refractivity contribution in [1.82, 2.24) is 4.98 Å². The topological polar surface area (TPSA) is 94.3 Å². The average molecular weight is 327 g/mol. The molecule has 0 radical (unpaired) electrons. The molecule has 0 saturated heterocycles. The molecule has 21 heavy (non-hydrogen) atoms. The number of nitrogens with two attached hydrogens (primary N) is 1. The van der Waals surface area contributed by atoms with Gasteiger partial charge in [0.2, 0.25) is 10.0 Å². The van der Waals surface area contributed by atoms with Crippen LogP contribution in [0.2, 0.25) is 0 Å². The van der Waals surface area contributed by atoms with Crippen LogP contribution in [0.15, 0.2) is 28.5 Å². The van der Waals surface area contributed by atoms with E-state index in [1.54, 1.807) is 17.4 Å². The van der Waals surface area contributed by atoms with E-state index in [1.165, 1.54) is 19.2 Å². The van der Waals surface area contributed by atoms with Crippen molar-refractivity contribution in [2.24, 2.45) is 5.14 Å². The number of thiazole rings is 1. The first kappa shape index (κ1) is 15.7. The van der Waals surface area contributed by atoms with Crippen LogP contribution in [0, 0.1) is 6.92 Å². The quantitative estimate of drug-likeness (QED) is 0.878. The largest absolute Gasteiger partial charge is 0.495 e. The summed E-state index contributed by atoms with van der Waals surface area (Å²) in [7, 11) is -2.23. The monoisotopic (exact) mass is 327 g/mol. The SMILES string of the molecule is COc1ccc(S(N)(=O)=O)cc1NC(C)c1csc(C)n1. The van der Waals surface area contributed by atoms with Gasteiger partial charge in [-0.05, 0) is 32.0 Å². The molecule has 2 rings (SSSR count).